The molecule has 0 spiro atoms. The number of aryl methyl sites for hydroxylation is 1. The minimum atomic E-state index is -0.691. The van der Waals surface area contributed by atoms with Crippen LogP contribution in [-0.2, 0) is 52.3 Å². The summed E-state index contributed by atoms with van der Waals surface area (Å²) in [7, 11) is 9.11. The lowest BCUT2D eigenvalue weighted by Crippen LogP contribution is -2.59. The Bertz CT molecular complexity index is 1880. The Kier molecular flexibility index (Phi) is 14.5. The topological polar surface area (TPSA) is 128 Å². The van der Waals surface area contributed by atoms with E-state index in [0.717, 1.165) is 42.4 Å². The quantitative estimate of drug-likeness (QED) is 0.222. The zero-order valence-corrected chi connectivity index (χ0v) is 39.2. The number of carbonyl (C=O) groups excluding carboxylic acids is 3. The molecule has 1 aromatic rings. The van der Waals surface area contributed by atoms with Gasteiger partial charge in [0, 0.05) is 50.7 Å². The predicted molar refractivity (Wildman–Crippen MR) is 236 cm³/mol. The molecule has 8 rings (SSSR count). The van der Waals surface area contributed by atoms with Gasteiger partial charge >= 0.3 is 5.97 Å². The zero-order chi connectivity index (χ0) is 44.9. The van der Waals surface area contributed by atoms with E-state index in [-0.39, 0.29) is 90.2 Å². The summed E-state index contributed by atoms with van der Waals surface area (Å²) in [6.07, 6.45) is 6.90. The Morgan fingerprint density at radius 1 is 0.794 bits per heavy atom. The van der Waals surface area contributed by atoms with Crippen LogP contribution in [0.5, 0.6) is 0 Å². The van der Waals surface area contributed by atoms with Gasteiger partial charge in [0.15, 0.2) is 24.1 Å². The predicted octanol–water partition coefficient (Wildman–Crippen LogP) is 7.14. The largest absolute Gasteiger partial charge is 0.462 e. The van der Waals surface area contributed by atoms with Gasteiger partial charge in [0.05, 0.1) is 30.8 Å². The molecule has 2 saturated carbocycles. The maximum Gasteiger partial charge on any atom is 0.306 e. The summed E-state index contributed by atoms with van der Waals surface area (Å²) < 4.78 is 50.6. The highest BCUT2D eigenvalue weighted by Crippen LogP contribution is 2.64. The van der Waals surface area contributed by atoms with E-state index in [2.05, 4.69) is 51.1 Å². The monoisotopic (exact) mass is 876 g/mol. The van der Waals surface area contributed by atoms with E-state index in [1.54, 1.807) is 21.3 Å². The maximum atomic E-state index is 15.3. The van der Waals surface area contributed by atoms with Crippen molar-refractivity contribution in [3.63, 3.8) is 0 Å². The van der Waals surface area contributed by atoms with E-state index >= 15 is 9.59 Å². The molecule has 348 valence electrons. The fraction of sp³-hybridized carbons (Fsp3) is 0.745. The molecule has 4 aliphatic carbocycles. The zero-order valence-electron chi connectivity index (χ0n) is 39.2. The third-order valence-corrected chi connectivity index (χ3v) is 16.3. The molecule has 1 aromatic carbocycles. The highest BCUT2D eigenvalue weighted by atomic mass is 16.7. The summed E-state index contributed by atoms with van der Waals surface area (Å²) in [6, 6.07) is 8.46. The van der Waals surface area contributed by atoms with Gasteiger partial charge in [-0.3, -0.25) is 14.4 Å². The van der Waals surface area contributed by atoms with Gasteiger partial charge in [0.25, 0.3) is 0 Å². The van der Waals surface area contributed by atoms with Crippen molar-refractivity contribution in [1.82, 2.24) is 4.90 Å². The number of ether oxygens (including phenoxy) is 8. The third-order valence-electron chi connectivity index (χ3n) is 16.3. The number of esters is 1. The molecule has 12 nitrogen and oxygen atoms in total. The van der Waals surface area contributed by atoms with Crippen molar-refractivity contribution in [2.75, 3.05) is 35.4 Å². The van der Waals surface area contributed by atoms with Crippen LogP contribution in [0.2, 0.25) is 0 Å². The number of likely N-dealkylation sites (N-methyl/N-ethyl adjacent to an activating group) is 1. The SMILES string of the molecule is CC[C@H]1CCC[C@H](O[C@H]2CC[C@H](N(C)C)C(C)O2)[C@@H](C)C(=O)C2=C[C@H]3[C@@H]4C[C@H](O[C@@H]5OC(C)[C@H](OC)C(OC)[C@@H]5OC)C[C@H]4C4C=C(c5cccc(C)c5)C(=O)C4[C@H]3[C@@H]2CC(=O)O1. The molecule has 0 radical (unpaired) electrons. The summed E-state index contributed by atoms with van der Waals surface area (Å²) in [4.78, 5) is 46.7. The summed E-state index contributed by atoms with van der Waals surface area (Å²) >= 11 is 0. The normalized spacial score (nSPS) is 43.2. The Morgan fingerprint density at radius 3 is 2.19 bits per heavy atom. The first-order valence-corrected chi connectivity index (χ1v) is 23.9. The van der Waals surface area contributed by atoms with Gasteiger partial charge in [0.1, 0.15) is 24.4 Å². The number of hydrogen-bond acceptors (Lipinski definition) is 12. The molecular weight excluding hydrogens is 803 g/mol. The average molecular weight is 876 g/mol. The molecule has 5 fully saturated rings. The van der Waals surface area contributed by atoms with Crippen molar-refractivity contribution in [1.29, 1.82) is 0 Å². The van der Waals surface area contributed by atoms with Crippen LogP contribution in [0.25, 0.3) is 5.57 Å². The van der Waals surface area contributed by atoms with Crippen molar-refractivity contribution in [2.45, 2.75) is 160 Å². The van der Waals surface area contributed by atoms with E-state index in [1.165, 1.54) is 0 Å². The number of benzene rings is 1. The Morgan fingerprint density at radius 2 is 1.52 bits per heavy atom. The molecular formula is C51H73NO11. The molecule has 3 heterocycles. The van der Waals surface area contributed by atoms with Gasteiger partial charge in [-0.1, -0.05) is 55.8 Å². The number of hydrogen-bond donors (Lipinski definition) is 0. The van der Waals surface area contributed by atoms with Crippen molar-refractivity contribution >= 4 is 23.1 Å². The van der Waals surface area contributed by atoms with Gasteiger partial charge in [-0.2, -0.15) is 0 Å². The summed E-state index contributed by atoms with van der Waals surface area (Å²) in [5.41, 5.74) is 3.38. The van der Waals surface area contributed by atoms with Crippen LogP contribution in [0.15, 0.2) is 42.0 Å². The molecule has 0 amide bonds. The average Bonchev–Trinajstić information content (AvgIpc) is 3.94. The second kappa shape index (κ2) is 19.6. The van der Waals surface area contributed by atoms with E-state index in [0.29, 0.717) is 37.3 Å². The van der Waals surface area contributed by atoms with Gasteiger partial charge in [-0.25, -0.2) is 0 Å². The minimum Gasteiger partial charge on any atom is -0.462 e. The van der Waals surface area contributed by atoms with Crippen molar-refractivity contribution in [2.24, 2.45) is 47.3 Å². The standard InChI is InChI=1S/C51H73NO11/c1-11-31-16-13-17-41(63-43-19-18-40(52(6)7)28(4)59-43)27(3)46(54)39-24-36-34-21-32(62-51-50(58-10)49(57-9)48(56-8)29(5)60-51)22-35(34)37-23-33(30-15-12-14-26(2)20-30)47(55)45(37)44(36)38(39)25-42(53)61-31/h12,14-15,20,23-24,27-29,31-32,34-38,40-41,43-45,48-51H,11,13,16-19,21-22,25H2,1-10H3/t27-,28?,29?,31+,32+,34-,35-,36+,37?,38-,40+,41+,43+,44-,45?,48+,49?,50+,51+/m1/s1. The highest BCUT2D eigenvalue weighted by Gasteiger charge is 2.62. The Labute approximate surface area is 375 Å². The van der Waals surface area contributed by atoms with E-state index in [4.69, 9.17) is 37.9 Å². The molecule has 12 heteroatoms. The van der Waals surface area contributed by atoms with E-state index < -0.39 is 42.5 Å². The number of Topliss-reactive ketones (excluding diaryl/α,β-unsaturated/α-hetero) is 2. The van der Waals surface area contributed by atoms with E-state index in [1.807, 2.05) is 39.0 Å². The van der Waals surface area contributed by atoms with Crippen molar-refractivity contribution in [3.8, 4) is 0 Å². The molecule has 0 aromatic heterocycles. The summed E-state index contributed by atoms with van der Waals surface area (Å²) in [6.45, 7) is 10.2. The van der Waals surface area contributed by atoms with Crippen LogP contribution in [0.1, 0.15) is 96.6 Å². The van der Waals surface area contributed by atoms with Crippen LogP contribution in [-0.4, -0.2) is 125 Å². The molecule has 0 bridgehead atoms. The molecule has 0 N–H and O–H groups in total. The molecule has 5 unspecified atom stereocenters. The lowest BCUT2D eigenvalue weighted by atomic mass is 9.57. The van der Waals surface area contributed by atoms with Crippen LogP contribution in [0.3, 0.4) is 0 Å². The first-order chi connectivity index (χ1) is 30.3. The van der Waals surface area contributed by atoms with Crippen LogP contribution in [0, 0.1) is 54.3 Å². The van der Waals surface area contributed by atoms with Crippen LogP contribution < -0.4 is 0 Å². The van der Waals surface area contributed by atoms with Crippen LogP contribution in [0.4, 0.5) is 0 Å². The third kappa shape index (κ3) is 9.06. The fourth-order valence-corrected chi connectivity index (χ4v) is 13.2. The molecule has 3 saturated heterocycles. The van der Waals surface area contributed by atoms with Gasteiger partial charge < -0.3 is 42.8 Å². The molecule has 19 atom stereocenters. The van der Waals surface area contributed by atoms with Crippen LogP contribution >= 0.6 is 0 Å². The second-order valence-electron chi connectivity index (χ2n) is 20.0. The van der Waals surface area contributed by atoms with Gasteiger partial charge in [-0.15, -0.1) is 0 Å². The summed E-state index contributed by atoms with van der Waals surface area (Å²) in [5.74, 6) is -1.81. The van der Waals surface area contributed by atoms with Gasteiger partial charge in [0.2, 0.25) is 0 Å². The smallest absolute Gasteiger partial charge is 0.306 e. The lowest BCUT2D eigenvalue weighted by molar-refractivity contribution is -0.314. The maximum absolute atomic E-state index is 15.3. The number of fused-ring (bicyclic) bond motifs is 8. The number of methoxy groups -OCH3 is 3. The lowest BCUT2D eigenvalue weighted by Gasteiger charge is -2.45. The second-order valence-corrected chi connectivity index (χ2v) is 20.0. The first-order valence-electron chi connectivity index (χ1n) is 23.9. The number of allylic oxidation sites excluding steroid dienone is 4. The summed E-state index contributed by atoms with van der Waals surface area (Å²) in [5, 5.41) is 0. The molecule has 7 aliphatic rings. The molecule has 63 heavy (non-hydrogen) atoms. The number of ketones is 2. The van der Waals surface area contributed by atoms with Gasteiger partial charge in [-0.05, 0) is 127 Å². The number of rotatable bonds is 10. The fourth-order valence-electron chi connectivity index (χ4n) is 13.2. The number of cyclic esters (lactones) is 1. The first kappa shape index (κ1) is 46.7. The number of nitrogens with zero attached hydrogens (tertiary/aromatic N) is 1. The van der Waals surface area contributed by atoms with Crippen molar-refractivity contribution in [3.05, 3.63) is 53.1 Å². The van der Waals surface area contributed by atoms with E-state index in [9.17, 15) is 4.79 Å². The highest BCUT2D eigenvalue weighted by molar-refractivity contribution is 6.24. The molecule has 3 aliphatic heterocycles. The number of carbonyl (C=O) groups is 3. The minimum absolute atomic E-state index is 0.00288. The Hall–Kier alpha value is -2.81. The Balaban J connectivity index is 1.14. The van der Waals surface area contributed by atoms with Crippen molar-refractivity contribution < 1.29 is 52.3 Å².